The number of carbonyl (C=O) groups excluding carboxylic acids is 1. The number of ether oxygens (including phenoxy) is 1. The van der Waals surface area contributed by atoms with E-state index in [-0.39, 0.29) is 11.1 Å². The van der Waals surface area contributed by atoms with E-state index in [4.69, 9.17) is 4.74 Å². The molecule has 0 radical (unpaired) electrons. The Morgan fingerprint density at radius 3 is 2.59 bits per heavy atom. The molecule has 3 rings (SSSR count). The fourth-order valence-electron chi connectivity index (χ4n) is 2.85. The van der Waals surface area contributed by atoms with Crippen LogP contribution in [0, 0.1) is 12.7 Å². The van der Waals surface area contributed by atoms with Gasteiger partial charge in [0, 0.05) is 18.0 Å². The van der Waals surface area contributed by atoms with Gasteiger partial charge in [-0.25, -0.2) is 9.37 Å². The summed E-state index contributed by atoms with van der Waals surface area (Å²) in [7, 11) is 1.62. The van der Waals surface area contributed by atoms with Crippen molar-refractivity contribution in [3.05, 3.63) is 83.1 Å². The Bertz CT molecular complexity index is 976. The largest absolute Gasteiger partial charge is 0.497 e. The molecule has 0 aliphatic rings. The predicted octanol–water partition coefficient (Wildman–Crippen LogP) is 3.85. The number of pyridine rings is 2. The monoisotopic (exact) mass is 395 g/mol. The molecular weight excluding hydrogens is 373 g/mol. The van der Waals surface area contributed by atoms with Crippen LogP contribution in [0.4, 0.5) is 10.2 Å². The molecule has 3 aromatic rings. The van der Waals surface area contributed by atoms with Gasteiger partial charge in [0.15, 0.2) is 0 Å². The molecule has 29 heavy (non-hydrogen) atoms. The van der Waals surface area contributed by atoms with Crippen LogP contribution in [0.25, 0.3) is 0 Å². The molecule has 0 spiro atoms. The van der Waals surface area contributed by atoms with Crippen molar-refractivity contribution >= 4 is 11.7 Å². The van der Waals surface area contributed by atoms with E-state index in [1.807, 2.05) is 24.3 Å². The summed E-state index contributed by atoms with van der Waals surface area (Å²) in [6, 6.07) is 11.0. The third-order valence-electron chi connectivity index (χ3n) is 4.68. The minimum atomic E-state index is -0.677. The fraction of sp³-hybridized carbons (Fsp3) is 0.227. The van der Waals surface area contributed by atoms with Gasteiger partial charge in [0.05, 0.1) is 25.0 Å². The molecular formula is C22H22FN3O3. The fourth-order valence-corrected chi connectivity index (χ4v) is 2.85. The lowest BCUT2D eigenvalue weighted by Gasteiger charge is -2.12. The van der Waals surface area contributed by atoms with Crippen LogP contribution in [0.15, 0.2) is 55.0 Å². The first-order valence-corrected chi connectivity index (χ1v) is 9.16. The number of halogens is 1. The van der Waals surface area contributed by atoms with Crippen molar-refractivity contribution < 1.29 is 19.0 Å². The summed E-state index contributed by atoms with van der Waals surface area (Å²) in [4.78, 5) is 20.2. The second kappa shape index (κ2) is 9.25. The summed E-state index contributed by atoms with van der Waals surface area (Å²) in [5, 5.41) is 13.0. The van der Waals surface area contributed by atoms with Crippen molar-refractivity contribution in [1.29, 1.82) is 0 Å². The summed E-state index contributed by atoms with van der Waals surface area (Å²) < 4.78 is 18.7. The Morgan fingerprint density at radius 2 is 1.93 bits per heavy atom. The van der Waals surface area contributed by atoms with Crippen LogP contribution in [0.3, 0.4) is 0 Å². The Balaban J connectivity index is 1.58. The molecule has 2 aromatic heterocycles. The number of anilines is 1. The van der Waals surface area contributed by atoms with Crippen LogP contribution in [-0.4, -0.2) is 28.1 Å². The number of aliphatic hydroxyl groups excluding tert-OH is 1. The summed E-state index contributed by atoms with van der Waals surface area (Å²) in [6.45, 7) is 1.52. The molecule has 1 aromatic carbocycles. The number of benzene rings is 1. The van der Waals surface area contributed by atoms with Gasteiger partial charge in [-0.3, -0.25) is 9.78 Å². The van der Waals surface area contributed by atoms with Gasteiger partial charge in [-0.05, 0) is 49.1 Å². The lowest BCUT2D eigenvalue weighted by molar-refractivity contribution is 0.102. The lowest BCUT2D eigenvalue weighted by atomic mass is 10.0. The number of nitrogens with one attached hydrogen (secondary N) is 1. The van der Waals surface area contributed by atoms with Crippen LogP contribution in [0.1, 0.15) is 39.6 Å². The number of aromatic nitrogens is 2. The van der Waals surface area contributed by atoms with E-state index in [0.29, 0.717) is 24.2 Å². The molecule has 0 fully saturated rings. The van der Waals surface area contributed by atoms with Crippen molar-refractivity contribution in [3.8, 4) is 5.75 Å². The Kier molecular flexibility index (Phi) is 6.51. The van der Waals surface area contributed by atoms with Gasteiger partial charge in [-0.2, -0.15) is 0 Å². The van der Waals surface area contributed by atoms with Crippen LogP contribution in [-0.2, 0) is 6.42 Å². The molecule has 0 aliphatic heterocycles. The first-order valence-electron chi connectivity index (χ1n) is 9.16. The zero-order valence-corrected chi connectivity index (χ0v) is 16.2. The molecule has 0 aliphatic carbocycles. The average Bonchev–Trinajstić information content (AvgIpc) is 2.74. The molecule has 0 saturated heterocycles. The molecule has 0 bridgehead atoms. The van der Waals surface area contributed by atoms with E-state index in [2.05, 4.69) is 15.3 Å². The first-order chi connectivity index (χ1) is 14.0. The summed E-state index contributed by atoms with van der Waals surface area (Å²) in [5.74, 6) is 0.0702. The smallest absolute Gasteiger partial charge is 0.258 e. The molecule has 1 atom stereocenters. The van der Waals surface area contributed by atoms with E-state index in [1.165, 1.54) is 19.3 Å². The van der Waals surface area contributed by atoms with Crippen LogP contribution in [0.2, 0.25) is 0 Å². The molecule has 1 amide bonds. The van der Waals surface area contributed by atoms with E-state index in [1.54, 1.807) is 19.2 Å². The number of methoxy groups -OCH3 is 1. The Morgan fingerprint density at radius 1 is 1.17 bits per heavy atom. The zero-order valence-electron chi connectivity index (χ0n) is 16.2. The van der Waals surface area contributed by atoms with Gasteiger partial charge < -0.3 is 15.2 Å². The third-order valence-corrected chi connectivity index (χ3v) is 4.68. The normalized spacial score (nSPS) is 11.7. The van der Waals surface area contributed by atoms with E-state index in [9.17, 15) is 14.3 Å². The molecule has 1 unspecified atom stereocenters. The van der Waals surface area contributed by atoms with Crippen molar-refractivity contribution in [2.24, 2.45) is 0 Å². The summed E-state index contributed by atoms with van der Waals surface area (Å²) >= 11 is 0. The minimum Gasteiger partial charge on any atom is -0.497 e. The second-order valence-corrected chi connectivity index (χ2v) is 6.63. The topological polar surface area (TPSA) is 84.3 Å². The number of hydrogen-bond donors (Lipinski definition) is 2. The van der Waals surface area contributed by atoms with Gasteiger partial charge in [-0.15, -0.1) is 0 Å². The summed E-state index contributed by atoms with van der Waals surface area (Å²) in [6.07, 6.45) is 4.45. The highest BCUT2D eigenvalue weighted by molar-refractivity contribution is 6.04. The van der Waals surface area contributed by atoms with Crippen molar-refractivity contribution in [2.45, 2.75) is 25.9 Å². The van der Waals surface area contributed by atoms with Gasteiger partial charge >= 0.3 is 0 Å². The van der Waals surface area contributed by atoms with Crippen LogP contribution < -0.4 is 10.1 Å². The second-order valence-electron chi connectivity index (χ2n) is 6.63. The molecule has 2 N–H and O–H groups in total. The maximum Gasteiger partial charge on any atom is 0.258 e. The average molecular weight is 395 g/mol. The summed E-state index contributed by atoms with van der Waals surface area (Å²) in [5.41, 5.74) is 2.12. The number of rotatable bonds is 7. The molecule has 0 saturated carbocycles. The first kappa shape index (κ1) is 20.4. The molecule has 7 heteroatoms. The Hall–Kier alpha value is -3.32. The zero-order chi connectivity index (χ0) is 20.8. The number of carbonyl (C=O) groups is 1. The van der Waals surface area contributed by atoms with Gasteiger partial charge in [0.25, 0.3) is 5.91 Å². The molecule has 150 valence electrons. The van der Waals surface area contributed by atoms with Crippen molar-refractivity contribution in [2.75, 3.05) is 12.4 Å². The standard InChI is InChI=1S/C22H22FN3O3/c1-14-18(12-24-13-19(14)23)22(28)26-21-10-6-16(11-25-21)20(27)9-5-15-3-7-17(29-2)8-4-15/h3-4,6-8,10-13,20,27H,5,9H2,1-2H3,(H,25,26,28). The van der Waals surface area contributed by atoms with Gasteiger partial charge in [0.2, 0.25) is 0 Å². The minimum absolute atomic E-state index is 0.149. The van der Waals surface area contributed by atoms with E-state index >= 15 is 0 Å². The van der Waals surface area contributed by atoms with E-state index < -0.39 is 17.8 Å². The number of nitrogens with zero attached hydrogens (tertiary/aromatic N) is 2. The number of amides is 1. The number of hydrogen-bond acceptors (Lipinski definition) is 5. The van der Waals surface area contributed by atoms with Crippen LogP contribution >= 0.6 is 0 Å². The van der Waals surface area contributed by atoms with E-state index in [0.717, 1.165) is 17.5 Å². The van der Waals surface area contributed by atoms with Crippen molar-refractivity contribution in [3.63, 3.8) is 0 Å². The quantitative estimate of drug-likeness (QED) is 0.635. The highest BCUT2D eigenvalue weighted by atomic mass is 19.1. The molecule has 6 nitrogen and oxygen atoms in total. The maximum atomic E-state index is 13.6. The SMILES string of the molecule is COc1ccc(CCC(O)c2ccc(NC(=O)c3cncc(F)c3C)nc2)cc1. The van der Waals surface area contributed by atoms with Gasteiger partial charge in [-0.1, -0.05) is 18.2 Å². The van der Waals surface area contributed by atoms with Crippen molar-refractivity contribution in [1.82, 2.24) is 9.97 Å². The lowest BCUT2D eigenvalue weighted by Crippen LogP contribution is -2.15. The third kappa shape index (κ3) is 5.14. The molecule has 2 heterocycles. The maximum absolute atomic E-state index is 13.6. The highest BCUT2D eigenvalue weighted by Crippen LogP contribution is 2.21. The predicted molar refractivity (Wildman–Crippen MR) is 107 cm³/mol. The number of aliphatic hydroxyl groups is 1. The van der Waals surface area contributed by atoms with Crippen LogP contribution in [0.5, 0.6) is 5.75 Å². The number of aryl methyl sites for hydroxylation is 1. The Labute approximate surface area is 168 Å². The van der Waals surface area contributed by atoms with Gasteiger partial charge in [0.1, 0.15) is 17.4 Å². The highest BCUT2D eigenvalue weighted by Gasteiger charge is 2.14.